The number of halogens is 2. The number of piperazine rings is 1. The van der Waals surface area contributed by atoms with Crippen molar-refractivity contribution >= 4 is 29.7 Å². The van der Waals surface area contributed by atoms with Crippen LogP contribution in [0.4, 0.5) is 10.1 Å². The van der Waals surface area contributed by atoms with Gasteiger partial charge in [-0.05, 0) is 74.3 Å². The average molecular weight is 456 g/mol. The van der Waals surface area contributed by atoms with E-state index in [9.17, 15) is 9.18 Å². The second-order valence-corrected chi connectivity index (χ2v) is 9.25. The number of likely N-dealkylation sites (N-methyl/N-ethyl adjacent to an activating group) is 1. The first kappa shape index (κ1) is 23.0. The summed E-state index contributed by atoms with van der Waals surface area (Å²) in [7, 11) is 2.13. The predicted molar refractivity (Wildman–Crippen MR) is 130 cm³/mol. The zero-order chi connectivity index (χ0) is 22.5. The van der Waals surface area contributed by atoms with Crippen LogP contribution in [0.5, 0.6) is 0 Å². The highest BCUT2D eigenvalue weighted by molar-refractivity contribution is 6.30. The Kier molecular flexibility index (Phi) is 7.61. The van der Waals surface area contributed by atoms with Gasteiger partial charge in [-0.2, -0.15) is 0 Å². The second kappa shape index (κ2) is 10.6. The molecule has 2 aromatic carbocycles. The summed E-state index contributed by atoms with van der Waals surface area (Å²) in [5.41, 5.74) is 4.20. The van der Waals surface area contributed by atoms with Gasteiger partial charge < -0.3 is 14.6 Å². The SMILES string of the molecule is CN1CCN(c2ccc(F)cc2C=C2CCCN(CCc3ccc(Cl)cc3)C2C=O)CC1. The fourth-order valence-corrected chi connectivity index (χ4v) is 4.82. The molecule has 6 heteroatoms. The molecular weight excluding hydrogens is 425 g/mol. The van der Waals surface area contributed by atoms with E-state index >= 15 is 0 Å². The molecule has 2 saturated heterocycles. The summed E-state index contributed by atoms with van der Waals surface area (Å²) in [6.45, 7) is 5.51. The van der Waals surface area contributed by atoms with Crippen LogP contribution in [0.1, 0.15) is 24.0 Å². The van der Waals surface area contributed by atoms with Crippen molar-refractivity contribution in [3.63, 3.8) is 0 Å². The quantitative estimate of drug-likeness (QED) is 0.598. The first-order valence-corrected chi connectivity index (χ1v) is 11.8. The Balaban J connectivity index is 1.54. The summed E-state index contributed by atoms with van der Waals surface area (Å²) in [4.78, 5) is 19.0. The normalized spacial score (nSPS) is 21.8. The van der Waals surface area contributed by atoms with E-state index in [1.807, 2.05) is 30.3 Å². The Labute approximate surface area is 195 Å². The zero-order valence-electron chi connectivity index (χ0n) is 18.6. The molecule has 0 aliphatic carbocycles. The Morgan fingerprint density at radius 3 is 2.53 bits per heavy atom. The van der Waals surface area contributed by atoms with Crippen LogP contribution >= 0.6 is 11.6 Å². The largest absolute Gasteiger partial charge is 0.368 e. The minimum absolute atomic E-state index is 0.243. The van der Waals surface area contributed by atoms with E-state index in [2.05, 4.69) is 27.8 Å². The maximum absolute atomic E-state index is 14.2. The summed E-state index contributed by atoms with van der Waals surface area (Å²) in [6.07, 6.45) is 5.82. The molecule has 1 atom stereocenters. The molecule has 1 unspecified atom stereocenters. The third kappa shape index (κ3) is 5.58. The number of benzene rings is 2. The molecule has 0 N–H and O–H groups in total. The van der Waals surface area contributed by atoms with Crippen molar-refractivity contribution in [1.29, 1.82) is 0 Å². The standard InChI is InChI=1S/C26H31ClFN3O/c1-29-13-15-31(16-14-29)25-9-8-24(28)18-22(25)17-21-3-2-11-30(26(21)19-32)12-10-20-4-6-23(27)7-5-20/h4-9,17-19,26H,2-3,10-16H2,1H3. The van der Waals surface area contributed by atoms with Gasteiger partial charge in [0.25, 0.3) is 0 Å². The number of hydrogen-bond donors (Lipinski definition) is 0. The fraction of sp³-hybridized carbons (Fsp3) is 0.423. The van der Waals surface area contributed by atoms with Crippen LogP contribution in [0.3, 0.4) is 0 Å². The Bertz CT molecular complexity index is 954. The predicted octanol–water partition coefficient (Wildman–Crippen LogP) is 4.52. The van der Waals surface area contributed by atoms with Gasteiger partial charge in [-0.1, -0.05) is 29.8 Å². The molecule has 4 nitrogen and oxygen atoms in total. The fourth-order valence-electron chi connectivity index (χ4n) is 4.69. The van der Waals surface area contributed by atoms with E-state index in [-0.39, 0.29) is 11.9 Å². The highest BCUT2D eigenvalue weighted by atomic mass is 35.5. The van der Waals surface area contributed by atoms with Gasteiger partial charge in [0, 0.05) is 49.0 Å². The van der Waals surface area contributed by atoms with Gasteiger partial charge >= 0.3 is 0 Å². The van der Waals surface area contributed by atoms with E-state index in [1.54, 1.807) is 6.07 Å². The molecule has 32 heavy (non-hydrogen) atoms. The molecule has 2 aromatic rings. The van der Waals surface area contributed by atoms with Crippen molar-refractivity contribution in [3.05, 3.63) is 70.0 Å². The Hall–Kier alpha value is -2.21. The molecule has 0 amide bonds. The van der Waals surface area contributed by atoms with Crippen LogP contribution in [0.25, 0.3) is 6.08 Å². The van der Waals surface area contributed by atoms with Gasteiger partial charge in [-0.15, -0.1) is 0 Å². The van der Waals surface area contributed by atoms with Crippen LogP contribution in [0.2, 0.25) is 5.02 Å². The third-order valence-electron chi connectivity index (χ3n) is 6.59. The van der Waals surface area contributed by atoms with Crippen molar-refractivity contribution < 1.29 is 9.18 Å². The lowest BCUT2D eigenvalue weighted by Gasteiger charge is -2.36. The molecule has 2 fully saturated rings. The summed E-state index contributed by atoms with van der Waals surface area (Å²) in [6, 6.07) is 12.6. The smallest absolute Gasteiger partial charge is 0.141 e. The van der Waals surface area contributed by atoms with Gasteiger partial charge in [0.15, 0.2) is 0 Å². The summed E-state index contributed by atoms with van der Waals surface area (Å²) in [5.74, 6) is -0.243. The molecule has 4 rings (SSSR count). The van der Waals surface area contributed by atoms with Gasteiger partial charge in [-0.3, -0.25) is 4.90 Å². The maximum atomic E-state index is 14.2. The molecule has 0 saturated carbocycles. The van der Waals surface area contributed by atoms with E-state index in [0.717, 1.165) is 86.7 Å². The molecule has 0 aromatic heterocycles. The molecule has 2 heterocycles. The number of rotatable bonds is 6. The van der Waals surface area contributed by atoms with Crippen LogP contribution in [0, 0.1) is 5.82 Å². The van der Waals surface area contributed by atoms with Crippen LogP contribution in [-0.2, 0) is 11.2 Å². The molecule has 170 valence electrons. The number of carbonyl (C=O) groups is 1. The van der Waals surface area contributed by atoms with Gasteiger partial charge in [0.2, 0.25) is 0 Å². The first-order valence-electron chi connectivity index (χ1n) is 11.4. The molecule has 2 aliphatic rings. The minimum atomic E-state index is -0.264. The number of nitrogens with zero attached hydrogens (tertiary/aromatic N) is 3. The zero-order valence-corrected chi connectivity index (χ0v) is 19.4. The summed E-state index contributed by atoms with van der Waals surface area (Å²) < 4.78 is 14.2. The van der Waals surface area contributed by atoms with Crippen LogP contribution < -0.4 is 4.90 Å². The molecule has 0 bridgehead atoms. The number of likely N-dealkylation sites (tertiary alicyclic amines) is 1. The average Bonchev–Trinajstić information content (AvgIpc) is 2.80. The number of aldehydes is 1. The van der Waals surface area contributed by atoms with Crippen molar-refractivity contribution in [1.82, 2.24) is 9.80 Å². The highest BCUT2D eigenvalue weighted by Gasteiger charge is 2.26. The van der Waals surface area contributed by atoms with E-state index in [1.165, 1.54) is 11.6 Å². The van der Waals surface area contributed by atoms with E-state index in [0.29, 0.717) is 0 Å². The lowest BCUT2D eigenvalue weighted by Crippen LogP contribution is -2.45. The minimum Gasteiger partial charge on any atom is -0.368 e. The number of carbonyl (C=O) groups excluding carboxylic acids is 1. The summed E-state index contributed by atoms with van der Waals surface area (Å²) >= 11 is 5.99. The monoisotopic (exact) mass is 455 g/mol. The molecule has 2 aliphatic heterocycles. The third-order valence-corrected chi connectivity index (χ3v) is 6.84. The number of anilines is 1. The second-order valence-electron chi connectivity index (χ2n) is 8.81. The highest BCUT2D eigenvalue weighted by Crippen LogP contribution is 2.30. The van der Waals surface area contributed by atoms with E-state index < -0.39 is 0 Å². The lowest BCUT2D eigenvalue weighted by atomic mass is 9.93. The summed E-state index contributed by atoms with van der Waals surface area (Å²) in [5, 5.41) is 0.731. The van der Waals surface area contributed by atoms with Gasteiger partial charge in [0.1, 0.15) is 12.1 Å². The molecule has 0 radical (unpaired) electrons. The van der Waals surface area contributed by atoms with Crippen molar-refractivity contribution in [2.24, 2.45) is 0 Å². The maximum Gasteiger partial charge on any atom is 0.141 e. The Morgan fingerprint density at radius 2 is 1.81 bits per heavy atom. The molecular formula is C26H31ClFN3O. The van der Waals surface area contributed by atoms with Gasteiger partial charge in [-0.25, -0.2) is 4.39 Å². The van der Waals surface area contributed by atoms with Crippen LogP contribution in [-0.4, -0.2) is 68.4 Å². The van der Waals surface area contributed by atoms with E-state index in [4.69, 9.17) is 11.6 Å². The van der Waals surface area contributed by atoms with Crippen molar-refractivity contribution in [2.75, 3.05) is 51.2 Å². The van der Waals surface area contributed by atoms with Crippen LogP contribution in [0.15, 0.2) is 48.0 Å². The first-order chi connectivity index (χ1) is 15.5. The number of piperidine rings is 1. The van der Waals surface area contributed by atoms with Gasteiger partial charge in [0.05, 0.1) is 6.04 Å². The van der Waals surface area contributed by atoms with Crippen molar-refractivity contribution in [2.45, 2.75) is 25.3 Å². The Morgan fingerprint density at radius 1 is 1.06 bits per heavy atom. The van der Waals surface area contributed by atoms with Crippen molar-refractivity contribution in [3.8, 4) is 0 Å². The lowest BCUT2D eigenvalue weighted by molar-refractivity contribution is -0.111. The topological polar surface area (TPSA) is 26.8 Å². The molecule has 0 spiro atoms. The number of hydrogen-bond acceptors (Lipinski definition) is 4.